The van der Waals surface area contributed by atoms with Gasteiger partial charge in [-0.2, -0.15) is 0 Å². The molecule has 1 heterocycles. The Kier molecular flexibility index (Phi) is 12.3. The molecule has 4 atom stereocenters. The first-order chi connectivity index (χ1) is 13.6. The third kappa shape index (κ3) is 10.1. The SMILES string of the molecule is CCCCCCCC/C=C/[C@@H]1O[C@H]([C@@H](O)CCO[Si](C)(C)C(C)(C)C)CC[C@H]1O. The highest BCUT2D eigenvalue weighted by molar-refractivity contribution is 6.74. The van der Waals surface area contributed by atoms with Gasteiger partial charge in [-0.25, -0.2) is 0 Å². The zero-order valence-corrected chi connectivity index (χ0v) is 21.0. The summed E-state index contributed by atoms with van der Waals surface area (Å²) in [4.78, 5) is 0. The third-order valence-electron chi connectivity index (χ3n) is 6.62. The van der Waals surface area contributed by atoms with Gasteiger partial charge in [-0.05, 0) is 50.2 Å². The molecule has 172 valence electrons. The molecule has 1 saturated heterocycles. The predicted octanol–water partition coefficient (Wildman–Crippen LogP) is 5.97. The average molecular weight is 429 g/mol. The number of rotatable bonds is 13. The van der Waals surface area contributed by atoms with Crippen LogP contribution in [0.5, 0.6) is 0 Å². The van der Waals surface area contributed by atoms with Crippen molar-refractivity contribution in [3.05, 3.63) is 12.2 Å². The number of unbranched alkanes of at least 4 members (excludes halogenated alkanes) is 6. The second-order valence-corrected chi connectivity index (χ2v) is 15.0. The molecule has 1 fully saturated rings. The molecular formula is C24H48O4Si. The molecule has 0 aromatic rings. The molecule has 1 rings (SSSR count). The van der Waals surface area contributed by atoms with E-state index in [0.29, 0.717) is 25.9 Å². The van der Waals surface area contributed by atoms with Crippen LogP contribution in [0.1, 0.15) is 91.9 Å². The van der Waals surface area contributed by atoms with Crippen molar-refractivity contribution >= 4 is 8.32 Å². The van der Waals surface area contributed by atoms with E-state index in [-0.39, 0.29) is 17.2 Å². The van der Waals surface area contributed by atoms with E-state index in [1.807, 2.05) is 6.08 Å². The molecule has 0 aromatic heterocycles. The lowest BCUT2D eigenvalue weighted by Crippen LogP contribution is -2.44. The second kappa shape index (κ2) is 13.3. The summed E-state index contributed by atoms with van der Waals surface area (Å²) in [7, 11) is -1.79. The zero-order chi connectivity index (χ0) is 21.9. The van der Waals surface area contributed by atoms with Crippen molar-refractivity contribution in [3.8, 4) is 0 Å². The minimum absolute atomic E-state index is 0.176. The maximum Gasteiger partial charge on any atom is 0.191 e. The average Bonchev–Trinajstić information content (AvgIpc) is 2.64. The monoisotopic (exact) mass is 428 g/mol. The van der Waals surface area contributed by atoms with Gasteiger partial charge in [0.05, 0.1) is 18.3 Å². The van der Waals surface area contributed by atoms with Gasteiger partial charge in [0.25, 0.3) is 0 Å². The topological polar surface area (TPSA) is 58.9 Å². The first-order valence-electron chi connectivity index (χ1n) is 11.9. The van der Waals surface area contributed by atoms with Gasteiger partial charge in [-0.1, -0.05) is 72.0 Å². The molecule has 0 saturated carbocycles. The Labute approximate surface area is 181 Å². The molecule has 29 heavy (non-hydrogen) atoms. The van der Waals surface area contributed by atoms with Gasteiger partial charge in [0.2, 0.25) is 0 Å². The summed E-state index contributed by atoms with van der Waals surface area (Å²) in [6.07, 6.45) is 13.3. The summed E-state index contributed by atoms with van der Waals surface area (Å²) < 4.78 is 12.2. The summed E-state index contributed by atoms with van der Waals surface area (Å²) >= 11 is 0. The molecule has 5 heteroatoms. The molecule has 0 amide bonds. The van der Waals surface area contributed by atoms with Crippen molar-refractivity contribution in [1.29, 1.82) is 0 Å². The van der Waals surface area contributed by atoms with E-state index in [2.05, 4.69) is 46.9 Å². The normalized spacial score (nSPS) is 24.9. The van der Waals surface area contributed by atoms with E-state index >= 15 is 0 Å². The number of allylic oxidation sites excluding steroid dienone is 1. The summed E-state index contributed by atoms with van der Waals surface area (Å²) in [5.74, 6) is 0. The summed E-state index contributed by atoms with van der Waals surface area (Å²) in [5, 5.41) is 21.0. The molecule has 0 bridgehead atoms. The lowest BCUT2D eigenvalue weighted by atomic mass is 9.96. The van der Waals surface area contributed by atoms with Crippen LogP contribution in [0.2, 0.25) is 18.1 Å². The molecule has 1 aliphatic heterocycles. The molecule has 0 radical (unpaired) electrons. The summed E-state index contributed by atoms with van der Waals surface area (Å²) in [6.45, 7) is 14.0. The minimum Gasteiger partial charge on any atom is -0.417 e. The van der Waals surface area contributed by atoms with Gasteiger partial charge in [0.15, 0.2) is 8.32 Å². The van der Waals surface area contributed by atoms with E-state index in [0.717, 1.165) is 6.42 Å². The Morgan fingerprint density at radius 3 is 2.41 bits per heavy atom. The standard InChI is InChI=1S/C24H48O4Si/c1-7-8-9-10-11-12-13-14-15-22-20(25)16-17-23(28-22)21(26)18-19-27-29(5,6)24(2,3)4/h14-15,20-23,25-26H,7-13,16-19H2,1-6H3/b15-14+/t20-,21+,22+,23+/m1/s1. The second-order valence-electron chi connectivity index (χ2n) is 10.2. The molecule has 2 N–H and O–H groups in total. The zero-order valence-electron chi connectivity index (χ0n) is 20.0. The van der Waals surface area contributed by atoms with E-state index in [1.165, 1.54) is 38.5 Å². The summed E-state index contributed by atoms with van der Waals surface area (Å²) in [6, 6.07) is 0. The fourth-order valence-corrected chi connectivity index (χ4v) is 4.49. The Bertz CT molecular complexity index is 458. The fraction of sp³-hybridized carbons (Fsp3) is 0.917. The summed E-state index contributed by atoms with van der Waals surface area (Å²) in [5.41, 5.74) is 0. The number of aliphatic hydroxyl groups excluding tert-OH is 2. The predicted molar refractivity (Wildman–Crippen MR) is 125 cm³/mol. The van der Waals surface area contributed by atoms with Crippen LogP contribution in [0.15, 0.2) is 12.2 Å². The van der Waals surface area contributed by atoms with Crippen LogP contribution in [0.4, 0.5) is 0 Å². The largest absolute Gasteiger partial charge is 0.417 e. The van der Waals surface area contributed by atoms with E-state index < -0.39 is 20.5 Å². The van der Waals surface area contributed by atoms with Gasteiger partial charge < -0.3 is 19.4 Å². The maximum absolute atomic E-state index is 10.6. The molecule has 0 aliphatic carbocycles. The maximum atomic E-state index is 10.6. The van der Waals surface area contributed by atoms with Gasteiger partial charge >= 0.3 is 0 Å². The fourth-order valence-electron chi connectivity index (χ4n) is 3.43. The number of hydrogen-bond acceptors (Lipinski definition) is 4. The molecule has 1 aliphatic rings. The van der Waals surface area contributed by atoms with E-state index in [1.54, 1.807) is 0 Å². The van der Waals surface area contributed by atoms with Gasteiger partial charge in [0.1, 0.15) is 6.10 Å². The quantitative estimate of drug-likeness (QED) is 0.215. The third-order valence-corrected chi connectivity index (χ3v) is 11.2. The smallest absolute Gasteiger partial charge is 0.191 e. The molecule has 4 nitrogen and oxygen atoms in total. The van der Waals surface area contributed by atoms with Crippen molar-refractivity contribution < 1.29 is 19.4 Å². The van der Waals surface area contributed by atoms with Gasteiger partial charge in [-0.3, -0.25) is 0 Å². The lowest BCUT2D eigenvalue weighted by Gasteiger charge is -2.37. The van der Waals surface area contributed by atoms with Crippen molar-refractivity contribution in [1.82, 2.24) is 0 Å². The van der Waals surface area contributed by atoms with Gasteiger partial charge in [-0.15, -0.1) is 0 Å². The number of hydrogen-bond donors (Lipinski definition) is 2. The minimum atomic E-state index is -1.79. The lowest BCUT2D eigenvalue weighted by molar-refractivity contribution is -0.136. The Hall–Kier alpha value is -0.203. The van der Waals surface area contributed by atoms with Crippen molar-refractivity contribution in [2.75, 3.05) is 6.61 Å². The molecule has 0 spiro atoms. The number of aliphatic hydroxyl groups is 2. The van der Waals surface area contributed by atoms with Crippen LogP contribution in [0.3, 0.4) is 0 Å². The van der Waals surface area contributed by atoms with Crippen molar-refractivity contribution in [2.24, 2.45) is 0 Å². The van der Waals surface area contributed by atoms with Crippen LogP contribution >= 0.6 is 0 Å². The molecule has 0 aromatic carbocycles. The highest BCUT2D eigenvalue weighted by Gasteiger charge is 2.37. The van der Waals surface area contributed by atoms with Gasteiger partial charge in [0, 0.05) is 6.61 Å². The highest BCUT2D eigenvalue weighted by Crippen LogP contribution is 2.36. The molecular weight excluding hydrogens is 380 g/mol. The van der Waals surface area contributed by atoms with Crippen LogP contribution in [0, 0.1) is 0 Å². The van der Waals surface area contributed by atoms with E-state index in [4.69, 9.17) is 9.16 Å². The Balaban J connectivity index is 2.34. The van der Waals surface area contributed by atoms with Crippen molar-refractivity contribution in [3.63, 3.8) is 0 Å². The Morgan fingerprint density at radius 2 is 1.76 bits per heavy atom. The first-order valence-corrected chi connectivity index (χ1v) is 14.8. The van der Waals surface area contributed by atoms with Crippen LogP contribution < -0.4 is 0 Å². The van der Waals surface area contributed by atoms with Crippen LogP contribution in [-0.4, -0.2) is 49.6 Å². The van der Waals surface area contributed by atoms with Crippen molar-refractivity contribution in [2.45, 2.75) is 134 Å². The van der Waals surface area contributed by atoms with E-state index in [9.17, 15) is 10.2 Å². The Morgan fingerprint density at radius 1 is 1.10 bits per heavy atom. The van der Waals surface area contributed by atoms with Crippen LogP contribution in [0.25, 0.3) is 0 Å². The van der Waals surface area contributed by atoms with Crippen LogP contribution in [-0.2, 0) is 9.16 Å². The highest BCUT2D eigenvalue weighted by atomic mass is 28.4. The first kappa shape index (κ1) is 26.8. The molecule has 0 unspecified atom stereocenters. The number of ether oxygens (including phenoxy) is 1.